The molecule has 25 heavy (non-hydrogen) atoms. The van der Waals surface area contributed by atoms with E-state index in [-0.39, 0.29) is 22.8 Å². The molecule has 0 fully saturated rings. The van der Waals surface area contributed by atoms with E-state index in [1.54, 1.807) is 24.3 Å². The van der Waals surface area contributed by atoms with Gasteiger partial charge in [-0.2, -0.15) is 5.26 Å². The van der Waals surface area contributed by atoms with E-state index < -0.39 is 16.0 Å². The van der Waals surface area contributed by atoms with Gasteiger partial charge < -0.3 is 9.47 Å². The molecule has 0 spiro atoms. The number of benzene rings is 2. The van der Waals surface area contributed by atoms with E-state index in [4.69, 9.17) is 14.7 Å². The third kappa shape index (κ3) is 4.35. The average molecular weight is 360 g/mol. The Hall–Kier alpha value is -2.89. The molecule has 0 bridgehead atoms. The van der Waals surface area contributed by atoms with Crippen molar-refractivity contribution in [1.82, 2.24) is 4.72 Å². The van der Waals surface area contributed by atoms with Crippen LogP contribution in [0.1, 0.15) is 21.5 Å². The molecule has 0 radical (unpaired) electrons. The lowest BCUT2D eigenvalue weighted by Gasteiger charge is -2.11. The second kappa shape index (κ2) is 7.79. The van der Waals surface area contributed by atoms with Gasteiger partial charge in [0.1, 0.15) is 17.3 Å². The van der Waals surface area contributed by atoms with Crippen LogP contribution >= 0.6 is 0 Å². The molecule has 2 aromatic carbocycles. The van der Waals surface area contributed by atoms with Crippen LogP contribution in [-0.4, -0.2) is 28.5 Å². The molecule has 0 saturated heterocycles. The summed E-state index contributed by atoms with van der Waals surface area (Å²) in [6, 6.07) is 12.7. The van der Waals surface area contributed by atoms with Gasteiger partial charge >= 0.3 is 5.97 Å². The molecule has 2 rings (SSSR count). The molecule has 0 atom stereocenters. The van der Waals surface area contributed by atoms with Gasteiger partial charge in [0.25, 0.3) is 0 Å². The molecule has 0 aromatic heterocycles. The maximum Gasteiger partial charge on any atom is 0.338 e. The fraction of sp³-hybridized carbons (Fsp3) is 0.176. The largest absolute Gasteiger partial charge is 0.495 e. The van der Waals surface area contributed by atoms with E-state index in [9.17, 15) is 13.2 Å². The van der Waals surface area contributed by atoms with Gasteiger partial charge in [0.05, 0.1) is 24.3 Å². The quantitative estimate of drug-likeness (QED) is 0.788. The summed E-state index contributed by atoms with van der Waals surface area (Å²) >= 11 is 0. The predicted molar refractivity (Wildman–Crippen MR) is 89.5 cm³/mol. The fourth-order valence-corrected chi connectivity index (χ4v) is 3.00. The molecule has 130 valence electrons. The Morgan fingerprint density at radius 3 is 2.64 bits per heavy atom. The number of rotatable bonds is 6. The summed E-state index contributed by atoms with van der Waals surface area (Å²) in [6.07, 6.45) is 0. The number of hydrogen-bond acceptors (Lipinski definition) is 6. The number of nitriles is 1. The molecule has 0 unspecified atom stereocenters. The molecule has 0 saturated carbocycles. The van der Waals surface area contributed by atoms with E-state index in [1.807, 2.05) is 6.07 Å². The second-order valence-corrected chi connectivity index (χ2v) is 6.82. The Kier molecular flexibility index (Phi) is 5.75. The maximum absolute atomic E-state index is 12.2. The number of nitrogens with one attached hydrogen (secondary N) is 1. The molecule has 8 heteroatoms. The summed E-state index contributed by atoms with van der Waals surface area (Å²) in [5.74, 6) is -0.565. The lowest BCUT2D eigenvalue weighted by atomic mass is 10.1. The molecule has 0 aliphatic heterocycles. The number of sulfonamides is 1. The van der Waals surface area contributed by atoms with Crippen molar-refractivity contribution in [3.05, 3.63) is 59.2 Å². The van der Waals surface area contributed by atoms with Gasteiger partial charge in [0, 0.05) is 0 Å². The molecule has 1 N–H and O–H groups in total. The third-order valence-electron chi connectivity index (χ3n) is 3.38. The van der Waals surface area contributed by atoms with E-state index in [2.05, 4.69) is 4.72 Å². The summed E-state index contributed by atoms with van der Waals surface area (Å²) in [6.45, 7) is -0.0332. The number of methoxy groups -OCH3 is 1. The third-order valence-corrected chi connectivity index (χ3v) is 4.82. The SMILES string of the molecule is CNS(=O)(=O)c1cc(C(=O)OCc2cccc(C#N)c2)ccc1OC. The van der Waals surface area contributed by atoms with Crippen LogP contribution in [0.4, 0.5) is 0 Å². The zero-order chi connectivity index (χ0) is 18.4. The average Bonchev–Trinajstić information content (AvgIpc) is 2.65. The summed E-state index contributed by atoms with van der Waals surface area (Å²) in [7, 11) is -1.19. The minimum atomic E-state index is -3.79. The van der Waals surface area contributed by atoms with Crippen LogP contribution in [0.2, 0.25) is 0 Å². The normalized spacial score (nSPS) is 10.8. The highest BCUT2D eigenvalue weighted by atomic mass is 32.2. The van der Waals surface area contributed by atoms with E-state index >= 15 is 0 Å². The smallest absolute Gasteiger partial charge is 0.338 e. The molecule has 2 aromatic rings. The standard InChI is InChI=1S/C17H16N2O5S/c1-19-25(21,22)16-9-14(6-7-15(16)23-2)17(20)24-11-13-5-3-4-12(8-13)10-18/h3-9,19H,11H2,1-2H3. The molecule has 0 amide bonds. The predicted octanol–water partition coefficient (Wildman–Crippen LogP) is 1.83. The van der Waals surface area contributed by atoms with Crippen molar-refractivity contribution in [2.75, 3.05) is 14.2 Å². The monoisotopic (exact) mass is 360 g/mol. The number of esters is 1. The molecule has 7 nitrogen and oxygen atoms in total. The minimum Gasteiger partial charge on any atom is -0.495 e. The van der Waals surface area contributed by atoms with Crippen LogP contribution < -0.4 is 9.46 Å². The van der Waals surface area contributed by atoms with Crippen LogP contribution in [0.25, 0.3) is 0 Å². The first-order chi connectivity index (χ1) is 11.9. The summed E-state index contributed by atoms with van der Waals surface area (Å²) in [5, 5.41) is 8.86. The molecular formula is C17H16N2O5S. The van der Waals surface area contributed by atoms with Crippen LogP contribution in [0, 0.1) is 11.3 Å². The maximum atomic E-state index is 12.2. The molecule has 0 aliphatic carbocycles. The molecular weight excluding hydrogens is 344 g/mol. The van der Waals surface area contributed by atoms with Crippen molar-refractivity contribution in [2.24, 2.45) is 0 Å². The first-order valence-electron chi connectivity index (χ1n) is 7.19. The van der Waals surface area contributed by atoms with Crippen molar-refractivity contribution in [3.63, 3.8) is 0 Å². The molecule has 0 aliphatic rings. The zero-order valence-corrected chi connectivity index (χ0v) is 14.5. The lowest BCUT2D eigenvalue weighted by Crippen LogP contribution is -2.20. The van der Waals surface area contributed by atoms with Crippen molar-refractivity contribution in [1.29, 1.82) is 5.26 Å². The Labute approximate surface area is 145 Å². The summed E-state index contributed by atoms with van der Waals surface area (Å²) in [5.41, 5.74) is 1.19. The highest BCUT2D eigenvalue weighted by Gasteiger charge is 2.20. The van der Waals surface area contributed by atoms with Gasteiger partial charge in [-0.05, 0) is 42.9 Å². The highest BCUT2D eigenvalue weighted by Crippen LogP contribution is 2.25. The topological polar surface area (TPSA) is 105 Å². The van der Waals surface area contributed by atoms with Gasteiger partial charge in [-0.25, -0.2) is 17.9 Å². The van der Waals surface area contributed by atoms with Crippen molar-refractivity contribution in [2.45, 2.75) is 11.5 Å². The summed E-state index contributed by atoms with van der Waals surface area (Å²) in [4.78, 5) is 12.0. The number of ether oxygens (including phenoxy) is 2. The fourth-order valence-electron chi connectivity index (χ4n) is 2.09. The van der Waals surface area contributed by atoms with Gasteiger partial charge in [-0.1, -0.05) is 12.1 Å². The Morgan fingerprint density at radius 2 is 2.00 bits per heavy atom. The number of carbonyl (C=O) groups is 1. The molecule has 0 heterocycles. The number of hydrogen-bond donors (Lipinski definition) is 1. The summed E-state index contributed by atoms with van der Waals surface area (Å²) < 4.78 is 36.4. The van der Waals surface area contributed by atoms with Crippen LogP contribution in [0.3, 0.4) is 0 Å². The van der Waals surface area contributed by atoms with E-state index in [0.717, 1.165) is 0 Å². The van der Waals surface area contributed by atoms with E-state index in [1.165, 1.54) is 32.4 Å². The van der Waals surface area contributed by atoms with E-state index in [0.29, 0.717) is 11.1 Å². The first-order valence-corrected chi connectivity index (χ1v) is 8.67. The van der Waals surface area contributed by atoms with Gasteiger partial charge in [0.15, 0.2) is 0 Å². The Balaban J connectivity index is 2.22. The lowest BCUT2D eigenvalue weighted by molar-refractivity contribution is 0.0472. The van der Waals surface area contributed by atoms with Crippen molar-refractivity contribution in [3.8, 4) is 11.8 Å². The Morgan fingerprint density at radius 1 is 1.24 bits per heavy atom. The van der Waals surface area contributed by atoms with Gasteiger partial charge in [-0.15, -0.1) is 0 Å². The number of carbonyl (C=O) groups excluding carboxylic acids is 1. The second-order valence-electron chi connectivity index (χ2n) is 4.96. The van der Waals surface area contributed by atoms with Crippen LogP contribution in [0.15, 0.2) is 47.4 Å². The zero-order valence-electron chi connectivity index (χ0n) is 13.6. The number of nitrogens with zero attached hydrogens (tertiary/aromatic N) is 1. The van der Waals surface area contributed by atoms with Crippen LogP contribution in [0.5, 0.6) is 5.75 Å². The van der Waals surface area contributed by atoms with Crippen LogP contribution in [-0.2, 0) is 21.4 Å². The first kappa shape index (κ1) is 18.4. The van der Waals surface area contributed by atoms with Crippen molar-refractivity contribution < 1.29 is 22.7 Å². The van der Waals surface area contributed by atoms with Gasteiger partial charge in [0.2, 0.25) is 10.0 Å². The Bertz CT molecular complexity index is 932. The highest BCUT2D eigenvalue weighted by molar-refractivity contribution is 7.89. The van der Waals surface area contributed by atoms with Crippen molar-refractivity contribution >= 4 is 16.0 Å². The minimum absolute atomic E-state index is 0.0332. The van der Waals surface area contributed by atoms with Gasteiger partial charge in [-0.3, -0.25) is 0 Å².